The molecule has 0 bridgehead atoms. The molecule has 0 aromatic carbocycles. The van der Waals surface area contributed by atoms with Crippen LogP contribution in [0.5, 0.6) is 0 Å². The van der Waals surface area contributed by atoms with E-state index in [9.17, 15) is 0 Å². The van der Waals surface area contributed by atoms with Crippen molar-refractivity contribution >= 4 is 0 Å². The lowest BCUT2D eigenvalue weighted by molar-refractivity contribution is 0.539. The van der Waals surface area contributed by atoms with E-state index in [0.717, 1.165) is 25.3 Å². The minimum absolute atomic E-state index is 0.404. The van der Waals surface area contributed by atoms with Crippen molar-refractivity contribution in [3.8, 4) is 0 Å². The van der Waals surface area contributed by atoms with Gasteiger partial charge in [-0.15, -0.1) is 0 Å². The zero-order chi connectivity index (χ0) is 8.10. The first-order valence-corrected chi connectivity index (χ1v) is 4.79. The molecule has 66 valence electrons. The summed E-state index contributed by atoms with van der Waals surface area (Å²) in [5.74, 6) is 0.993. The monoisotopic (exact) mass is 156 g/mol. The molecule has 1 fully saturated rings. The van der Waals surface area contributed by atoms with Gasteiger partial charge >= 0.3 is 0 Å². The summed E-state index contributed by atoms with van der Waals surface area (Å²) >= 11 is 0. The smallest absolute Gasteiger partial charge is 0.00482 e. The van der Waals surface area contributed by atoms with Gasteiger partial charge in [0.1, 0.15) is 0 Å². The van der Waals surface area contributed by atoms with Gasteiger partial charge in [0.15, 0.2) is 0 Å². The van der Waals surface area contributed by atoms with Crippen LogP contribution in [-0.2, 0) is 0 Å². The number of hydrogen-bond donors (Lipinski definition) is 2. The Bertz CT molecular complexity index is 99.7. The van der Waals surface area contributed by atoms with Crippen molar-refractivity contribution in [2.24, 2.45) is 11.7 Å². The van der Waals surface area contributed by atoms with Crippen molar-refractivity contribution in [2.75, 3.05) is 13.1 Å². The fourth-order valence-electron chi connectivity index (χ4n) is 1.12. The second kappa shape index (κ2) is 4.73. The van der Waals surface area contributed by atoms with E-state index in [-0.39, 0.29) is 0 Å². The molecule has 0 spiro atoms. The van der Waals surface area contributed by atoms with E-state index in [1.807, 2.05) is 0 Å². The molecule has 3 N–H and O–H groups in total. The molecule has 1 atom stereocenters. The second-order valence-corrected chi connectivity index (χ2v) is 3.60. The quantitative estimate of drug-likeness (QED) is 0.565. The molecular weight excluding hydrogens is 136 g/mol. The molecule has 0 radical (unpaired) electrons. The number of nitrogens with two attached hydrogens (primary N) is 1. The van der Waals surface area contributed by atoms with Gasteiger partial charge in [-0.3, -0.25) is 0 Å². The average molecular weight is 156 g/mol. The lowest BCUT2D eigenvalue weighted by Gasteiger charge is -2.08. The highest BCUT2D eigenvalue weighted by Gasteiger charge is 2.19. The lowest BCUT2D eigenvalue weighted by atomic mass is 10.2. The Labute approximate surface area is 69.5 Å². The summed E-state index contributed by atoms with van der Waals surface area (Å²) in [6.45, 7) is 4.47. The third-order valence-electron chi connectivity index (χ3n) is 2.35. The van der Waals surface area contributed by atoms with Gasteiger partial charge in [0, 0.05) is 6.04 Å². The Morgan fingerprint density at radius 3 is 2.82 bits per heavy atom. The van der Waals surface area contributed by atoms with Crippen LogP contribution in [0.15, 0.2) is 0 Å². The zero-order valence-electron chi connectivity index (χ0n) is 7.47. The average Bonchev–Trinajstić information content (AvgIpc) is 2.81. The predicted molar refractivity (Wildman–Crippen MR) is 48.5 cm³/mol. The van der Waals surface area contributed by atoms with E-state index in [4.69, 9.17) is 5.73 Å². The molecule has 1 unspecified atom stereocenters. The van der Waals surface area contributed by atoms with Gasteiger partial charge in [0.2, 0.25) is 0 Å². The van der Waals surface area contributed by atoms with E-state index >= 15 is 0 Å². The summed E-state index contributed by atoms with van der Waals surface area (Å²) in [6.07, 6.45) is 5.11. The van der Waals surface area contributed by atoms with Crippen LogP contribution in [0.25, 0.3) is 0 Å². The van der Waals surface area contributed by atoms with Crippen molar-refractivity contribution in [1.82, 2.24) is 5.32 Å². The van der Waals surface area contributed by atoms with Gasteiger partial charge in [-0.25, -0.2) is 0 Å². The van der Waals surface area contributed by atoms with Crippen LogP contribution in [0.4, 0.5) is 0 Å². The van der Waals surface area contributed by atoms with Gasteiger partial charge in [-0.1, -0.05) is 6.92 Å². The van der Waals surface area contributed by atoms with E-state index in [1.165, 1.54) is 19.4 Å². The zero-order valence-corrected chi connectivity index (χ0v) is 7.47. The topological polar surface area (TPSA) is 38.0 Å². The van der Waals surface area contributed by atoms with Gasteiger partial charge in [0.25, 0.3) is 0 Å². The van der Waals surface area contributed by atoms with Gasteiger partial charge < -0.3 is 11.1 Å². The number of nitrogens with one attached hydrogen (secondary N) is 1. The first-order chi connectivity index (χ1) is 5.33. The summed E-state index contributed by atoms with van der Waals surface area (Å²) in [6, 6.07) is 0.404. The first-order valence-electron chi connectivity index (χ1n) is 4.79. The van der Waals surface area contributed by atoms with Crippen molar-refractivity contribution in [2.45, 2.75) is 38.6 Å². The second-order valence-electron chi connectivity index (χ2n) is 3.60. The maximum Gasteiger partial charge on any atom is 0.00482 e. The van der Waals surface area contributed by atoms with Crippen LogP contribution in [0.1, 0.15) is 32.6 Å². The SMILES string of the molecule is CCC(N)CCNCC1CC1. The van der Waals surface area contributed by atoms with Gasteiger partial charge in [-0.05, 0) is 44.7 Å². The van der Waals surface area contributed by atoms with Gasteiger partial charge in [-0.2, -0.15) is 0 Å². The molecule has 0 aromatic rings. The summed E-state index contributed by atoms with van der Waals surface area (Å²) in [5, 5.41) is 3.43. The van der Waals surface area contributed by atoms with Gasteiger partial charge in [0.05, 0.1) is 0 Å². The lowest BCUT2D eigenvalue weighted by Crippen LogP contribution is -2.26. The molecule has 1 saturated carbocycles. The standard InChI is InChI=1S/C9H20N2/c1-2-9(10)5-6-11-7-8-3-4-8/h8-9,11H,2-7,10H2,1H3. The largest absolute Gasteiger partial charge is 0.328 e. The summed E-state index contributed by atoms with van der Waals surface area (Å²) in [5.41, 5.74) is 5.77. The molecule has 0 saturated heterocycles. The molecule has 0 heterocycles. The Morgan fingerprint density at radius 1 is 1.55 bits per heavy atom. The summed E-state index contributed by atoms with van der Waals surface area (Å²) in [4.78, 5) is 0. The van der Waals surface area contributed by atoms with E-state index < -0.39 is 0 Å². The normalized spacial score (nSPS) is 20.2. The molecule has 1 rings (SSSR count). The molecular formula is C9H20N2. The fourth-order valence-corrected chi connectivity index (χ4v) is 1.12. The fraction of sp³-hybridized carbons (Fsp3) is 1.00. The maximum atomic E-state index is 5.77. The maximum absolute atomic E-state index is 5.77. The molecule has 11 heavy (non-hydrogen) atoms. The Hall–Kier alpha value is -0.0800. The predicted octanol–water partition coefficient (Wildman–Crippen LogP) is 1.11. The highest BCUT2D eigenvalue weighted by Crippen LogP contribution is 2.27. The number of rotatable bonds is 6. The van der Waals surface area contributed by atoms with Crippen molar-refractivity contribution < 1.29 is 0 Å². The molecule has 0 aliphatic heterocycles. The summed E-state index contributed by atoms with van der Waals surface area (Å²) in [7, 11) is 0. The molecule has 0 aromatic heterocycles. The number of hydrogen-bond acceptors (Lipinski definition) is 2. The summed E-state index contributed by atoms with van der Waals surface area (Å²) < 4.78 is 0. The molecule has 0 amide bonds. The molecule has 1 aliphatic carbocycles. The van der Waals surface area contributed by atoms with E-state index in [2.05, 4.69) is 12.2 Å². The van der Waals surface area contributed by atoms with Crippen LogP contribution in [0, 0.1) is 5.92 Å². The van der Waals surface area contributed by atoms with Crippen LogP contribution < -0.4 is 11.1 Å². The van der Waals surface area contributed by atoms with E-state index in [1.54, 1.807) is 0 Å². The molecule has 1 aliphatic rings. The van der Waals surface area contributed by atoms with Crippen LogP contribution >= 0.6 is 0 Å². The highest BCUT2D eigenvalue weighted by atomic mass is 14.9. The minimum atomic E-state index is 0.404. The first kappa shape index (κ1) is 9.01. The van der Waals surface area contributed by atoms with E-state index in [0.29, 0.717) is 6.04 Å². The Kier molecular flexibility index (Phi) is 3.87. The Balaban J connectivity index is 1.79. The minimum Gasteiger partial charge on any atom is -0.328 e. The third kappa shape index (κ3) is 4.38. The van der Waals surface area contributed by atoms with Crippen molar-refractivity contribution in [1.29, 1.82) is 0 Å². The molecule has 2 heteroatoms. The molecule has 2 nitrogen and oxygen atoms in total. The van der Waals surface area contributed by atoms with Crippen LogP contribution in [-0.4, -0.2) is 19.1 Å². The Morgan fingerprint density at radius 2 is 2.27 bits per heavy atom. The third-order valence-corrected chi connectivity index (χ3v) is 2.35. The van der Waals surface area contributed by atoms with Crippen LogP contribution in [0.3, 0.4) is 0 Å². The highest BCUT2D eigenvalue weighted by molar-refractivity contribution is 4.75. The van der Waals surface area contributed by atoms with Crippen molar-refractivity contribution in [3.05, 3.63) is 0 Å². The van der Waals surface area contributed by atoms with Crippen molar-refractivity contribution in [3.63, 3.8) is 0 Å². The van der Waals surface area contributed by atoms with Crippen LogP contribution in [0.2, 0.25) is 0 Å².